The van der Waals surface area contributed by atoms with Crippen molar-refractivity contribution in [3.05, 3.63) is 93.5 Å². The molecule has 40 heavy (non-hydrogen) atoms. The highest BCUT2D eigenvalue weighted by Crippen LogP contribution is 2.30. The van der Waals surface area contributed by atoms with Crippen LogP contribution in [0.25, 0.3) is 0 Å². The van der Waals surface area contributed by atoms with Crippen molar-refractivity contribution in [1.29, 1.82) is 0 Å². The van der Waals surface area contributed by atoms with Gasteiger partial charge in [-0.15, -0.1) is 0 Å². The van der Waals surface area contributed by atoms with Gasteiger partial charge in [0.25, 0.3) is 17.5 Å². The normalized spacial score (nSPS) is 13.3. The average Bonchev–Trinajstić information content (AvgIpc) is 2.93. The number of hydrogen-bond donors (Lipinski definition) is 3. The molecule has 3 aromatic rings. The SMILES string of the molecule is CC(C)(C)c1ccc(C(=O)Nc2cccc(NC(=S)NC(=O)c3ccc(N4CCOCC4)c([N+](=O)[O-])c3)c2)cc1. The second-order valence-electron chi connectivity index (χ2n) is 10.3. The topological polar surface area (TPSA) is 126 Å². The molecule has 0 spiro atoms. The molecule has 1 heterocycles. The first-order chi connectivity index (χ1) is 19.0. The van der Waals surface area contributed by atoms with E-state index in [0.717, 1.165) is 5.56 Å². The van der Waals surface area contributed by atoms with Crippen molar-refractivity contribution in [1.82, 2.24) is 5.32 Å². The summed E-state index contributed by atoms with van der Waals surface area (Å²) in [7, 11) is 0. The van der Waals surface area contributed by atoms with E-state index in [4.69, 9.17) is 17.0 Å². The summed E-state index contributed by atoms with van der Waals surface area (Å²) in [5.41, 5.74) is 3.12. The molecule has 0 aliphatic carbocycles. The van der Waals surface area contributed by atoms with E-state index in [2.05, 4.69) is 36.7 Å². The fraction of sp³-hybridized carbons (Fsp3) is 0.276. The molecule has 0 unspecified atom stereocenters. The maximum absolute atomic E-state index is 12.8. The molecule has 0 atom stereocenters. The zero-order valence-corrected chi connectivity index (χ0v) is 23.3. The Labute approximate surface area is 237 Å². The zero-order chi connectivity index (χ0) is 28.9. The van der Waals surface area contributed by atoms with E-state index < -0.39 is 10.8 Å². The Kier molecular flexibility index (Phi) is 8.76. The number of thiocarbonyl (C=S) groups is 1. The highest BCUT2D eigenvalue weighted by atomic mass is 32.1. The number of carbonyl (C=O) groups excluding carboxylic acids is 2. The molecule has 3 aromatic carbocycles. The van der Waals surface area contributed by atoms with E-state index in [1.807, 2.05) is 17.0 Å². The van der Waals surface area contributed by atoms with Crippen LogP contribution < -0.4 is 20.9 Å². The van der Waals surface area contributed by atoms with Crippen LogP contribution in [0.2, 0.25) is 0 Å². The van der Waals surface area contributed by atoms with Gasteiger partial charge in [0, 0.05) is 41.7 Å². The van der Waals surface area contributed by atoms with Gasteiger partial charge in [-0.3, -0.25) is 25.0 Å². The van der Waals surface area contributed by atoms with Crippen molar-refractivity contribution in [3.63, 3.8) is 0 Å². The first-order valence-electron chi connectivity index (χ1n) is 12.8. The third kappa shape index (κ3) is 7.19. The van der Waals surface area contributed by atoms with E-state index in [1.54, 1.807) is 42.5 Å². The van der Waals surface area contributed by atoms with Crippen LogP contribution in [0.3, 0.4) is 0 Å². The summed E-state index contributed by atoms with van der Waals surface area (Å²) in [6.45, 7) is 8.36. The van der Waals surface area contributed by atoms with Gasteiger partial charge in [0.05, 0.1) is 18.1 Å². The van der Waals surface area contributed by atoms with E-state index in [1.165, 1.54) is 12.1 Å². The Balaban J connectivity index is 1.38. The van der Waals surface area contributed by atoms with E-state index in [9.17, 15) is 19.7 Å². The fourth-order valence-electron chi connectivity index (χ4n) is 4.22. The molecule has 3 N–H and O–H groups in total. The van der Waals surface area contributed by atoms with E-state index in [0.29, 0.717) is 48.9 Å². The molecule has 0 aromatic heterocycles. The lowest BCUT2D eigenvalue weighted by molar-refractivity contribution is -0.384. The summed E-state index contributed by atoms with van der Waals surface area (Å²) in [5, 5.41) is 20.0. The van der Waals surface area contributed by atoms with Gasteiger partial charge in [0.15, 0.2) is 5.11 Å². The third-order valence-electron chi connectivity index (χ3n) is 6.40. The summed E-state index contributed by atoms with van der Waals surface area (Å²) in [4.78, 5) is 38.6. The summed E-state index contributed by atoms with van der Waals surface area (Å²) >= 11 is 5.29. The lowest BCUT2D eigenvalue weighted by Gasteiger charge is -2.28. The molecule has 0 radical (unpaired) electrons. The van der Waals surface area contributed by atoms with Gasteiger partial charge in [0.1, 0.15) is 5.69 Å². The van der Waals surface area contributed by atoms with Crippen LogP contribution >= 0.6 is 12.2 Å². The zero-order valence-electron chi connectivity index (χ0n) is 22.5. The molecule has 1 saturated heterocycles. The van der Waals surface area contributed by atoms with Crippen molar-refractivity contribution >= 4 is 51.9 Å². The second-order valence-corrected chi connectivity index (χ2v) is 10.7. The molecule has 1 aliphatic heterocycles. The van der Waals surface area contributed by atoms with Gasteiger partial charge in [-0.25, -0.2) is 0 Å². The number of nitrogens with one attached hydrogen (secondary N) is 3. The van der Waals surface area contributed by atoms with Crippen LogP contribution in [0.5, 0.6) is 0 Å². The number of rotatable bonds is 6. The number of nitro groups is 1. The van der Waals surface area contributed by atoms with Crippen LogP contribution in [0, 0.1) is 10.1 Å². The van der Waals surface area contributed by atoms with Crippen molar-refractivity contribution in [2.75, 3.05) is 41.8 Å². The van der Waals surface area contributed by atoms with Gasteiger partial charge in [-0.2, -0.15) is 0 Å². The summed E-state index contributed by atoms with van der Waals surface area (Å²) in [6, 6.07) is 18.7. The number of hydrogen-bond acceptors (Lipinski definition) is 7. The lowest BCUT2D eigenvalue weighted by Crippen LogP contribution is -2.37. The predicted octanol–water partition coefficient (Wildman–Crippen LogP) is 5.11. The minimum absolute atomic E-state index is 0.00570. The Bertz CT molecular complexity index is 1430. The van der Waals surface area contributed by atoms with E-state index in [-0.39, 0.29) is 27.7 Å². The maximum atomic E-state index is 12.8. The first-order valence-corrected chi connectivity index (χ1v) is 13.2. The number of ether oxygens (including phenoxy) is 1. The molecule has 1 aliphatic rings. The molecule has 11 heteroatoms. The summed E-state index contributed by atoms with van der Waals surface area (Å²) in [6.07, 6.45) is 0. The molecule has 10 nitrogen and oxygen atoms in total. The smallest absolute Gasteiger partial charge is 0.293 e. The first kappa shape index (κ1) is 28.7. The minimum Gasteiger partial charge on any atom is -0.378 e. The molecule has 4 rings (SSSR count). The summed E-state index contributed by atoms with van der Waals surface area (Å²) < 4.78 is 5.32. The number of amides is 2. The lowest BCUT2D eigenvalue weighted by atomic mass is 9.87. The van der Waals surface area contributed by atoms with Crippen molar-refractivity contribution in [2.45, 2.75) is 26.2 Å². The molecule has 2 amide bonds. The van der Waals surface area contributed by atoms with Gasteiger partial charge >= 0.3 is 0 Å². The van der Waals surface area contributed by atoms with Crippen molar-refractivity contribution in [2.24, 2.45) is 0 Å². The van der Waals surface area contributed by atoms with Crippen LogP contribution in [0.15, 0.2) is 66.7 Å². The second kappa shape index (κ2) is 12.2. The van der Waals surface area contributed by atoms with E-state index >= 15 is 0 Å². The summed E-state index contributed by atoms with van der Waals surface area (Å²) in [5.74, 6) is -0.840. The highest BCUT2D eigenvalue weighted by Gasteiger charge is 2.23. The van der Waals surface area contributed by atoms with Crippen LogP contribution in [0.4, 0.5) is 22.7 Å². The molecule has 0 saturated carbocycles. The quantitative estimate of drug-likeness (QED) is 0.215. The van der Waals surface area contributed by atoms with Crippen molar-refractivity contribution in [3.8, 4) is 0 Å². The van der Waals surface area contributed by atoms with Crippen molar-refractivity contribution < 1.29 is 19.2 Å². The van der Waals surface area contributed by atoms with Gasteiger partial charge in [-0.05, 0) is 65.7 Å². The predicted molar refractivity (Wildman–Crippen MR) is 159 cm³/mol. The number of morpholine rings is 1. The number of nitrogens with zero attached hydrogens (tertiary/aromatic N) is 2. The highest BCUT2D eigenvalue weighted by molar-refractivity contribution is 7.80. The largest absolute Gasteiger partial charge is 0.378 e. The molecular formula is C29H31N5O5S. The molecule has 1 fully saturated rings. The standard InChI is InChI=1S/C29H31N5O5S/c1-29(2,3)21-10-7-19(8-11-21)26(35)30-22-5-4-6-23(18-22)31-28(40)32-27(36)20-9-12-24(25(17-20)34(37)38)33-13-15-39-16-14-33/h4-12,17-18H,13-16H2,1-3H3,(H,30,35)(H2,31,32,36,40). The number of benzene rings is 3. The number of nitro benzene ring substituents is 1. The number of carbonyl (C=O) groups is 2. The third-order valence-corrected chi connectivity index (χ3v) is 6.61. The fourth-order valence-corrected chi connectivity index (χ4v) is 4.43. The molecule has 208 valence electrons. The van der Waals surface area contributed by atoms with Crippen LogP contribution in [-0.2, 0) is 10.2 Å². The number of anilines is 3. The Morgan fingerprint density at radius 3 is 2.15 bits per heavy atom. The van der Waals surface area contributed by atoms with Gasteiger partial charge in [-0.1, -0.05) is 39.0 Å². The monoisotopic (exact) mass is 561 g/mol. The Hall–Kier alpha value is -4.35. The average molecular weight is 562 g/mol. The maximum Gasteiger partial charge on any atom is 0.293 e. The Morgan fingerprint density at radius 2 is 1.52 bits per heavy atom. The molecular weight excluding hydrogens is 530 g/mol. The Morgan fingerprint density at radius 1 is 0.900 bits per heavy atom. The van der Waals surface area contributed by atoms with Crippen LogP contribution in [0.1, 0.15) is 47.1 Å². The van der Waals surface area contributed by atoms with Crippen LogP contribution in [-0.4, -0.2) is 48.2 Å². The minimum atomic E-state index is -0.586. The van der Waals surface area contributed by atoms with Gasteiger partial charge < -0.3 is 20.3 Å². The molecule has 0 bridgehead atoms. The van der Waals surface area contributed by atoms with Gasteiger partial charge in [0.2, 0.25) is 0 Å².